The summed E-state index contributed by atoms with van der Waals surface area (Å²) in [6.07, 6.45) is 2.67. The van der Waals surface area contributed by atoms with E-state index in [1.54, 1.807) is 17.7 Å². The van der Waals surface area contributed by atoms with Gasteiger partial charge in [-0.1, -0.05) is 6.92 Å². The molecule has 0 atom stereocenters. The van der Waals surface area contributed by atoms with Crippen LogP contribution in [-0.2, 0) is 6.54 Å². The Kier molecular flexibility index (Phi) is 4.68. The van der Waals surface area contributed by atoms with Gasteiger partial charge in [0, 0.05) is 17.0 Å². The minimum atomic E-state index is 0.752. The van der Waals surface area contributed by atoms with Crippen LogP contribution >= 0.6 is 11.3 Å². The highest BCUT2D eigenvalue weighted by molar-refractivity contribution is 7.09. The molecule has 0 saturated heterocycles. The average molecular weight is 277 g/mol. The average Bonchev–Trinajstić information content (AvgIpc) is 2.82. The molecular weight excluding hydrogens is 258 g/mol. The van der Waals surface area contributed by atoms with Crippen molar-refractivity contribution in [3.8, 4) is 0 Å². The molecule has 19 heavy (non-hydrogen) atoms. The first-order valence-electron chi connectivity index (χ1n) is 6.40. The SMILES string of the molecule is CCCNc1ncnc(NCc2scnc2C)c1C. The summed E-state index contributed by atoms with van der Waals surface area (Å²) in [6.45, 7) is 7.86. The standard InChI is InChI=1S/C13H19N5S/c1-4-5-14-12-9(2)13(17-7-16-12)15-6-11-10(3)18-8-19-11/h7-8H,4-6H2,1-3H3,(H2,14,15,16,17). The molecule has 2 rings (SSSR count). The second kappa shape index (κ2) is 6.47. The van der Waals surface area contributed by atoms with Crippen LogP contribution in [0.25, 0.3) is 0 Å². The van der Waals surface area contributed by atoms with Crippen LogP contribution in [0.3, 0.4) is 0 Å². The van der Waals surface area contributed by atoms with Crippen molar-refractivity contribution in [3.05, 3.63) is 28.0 Å². The lowest BCUT2D eigenvalue weighted by Gasteiger charge is -2.12. The lowest BCUT2D eigenvalue weighted by molar-refractivity contribution is 0.957. The molecule has 0 aliphatic rings. The van der Waals surface area contributed by atoms with Crippen molar-refractivity contribution in [2.24, 2.45) is 0 Å². The minimum Gasteiger partial charge on any atom is -0.370 e. The van der Waals surface area contributed by atoms with Gasteiger partial charge < -0.3 is 10.6 Å². The largest absolute Gasteiger partial charge is 0.370 e. The molecule has 0 spiro atoms. The molecule has 2 aromatic heterocycles. The zero-order valence-corrected chi connectivity index (χ0v) is 12.3. The molecule has 0 aromatic carbocycles. The molecule has 0 radical (unpaired) electrons. The van der Waals surface area contributed by atoms with E-state index in [1.807, 2.05) is 19.4 Å². The molecule has 2 heterocycles. The summed E-state index contributed by atoms with van der Waals surface area (Å²) in [5.74, 6) is 1.78. The van der Waals surface area contributed by atoms with Crippen molar-refractivity contribution < 1.29 is 0 Å². The van der Waals surface area contributed by atoms with Crippen LogP contribution in [0.5, 0.6) is 0 Å². The monoisotopic (exact) mass is 277 g/mol. The molecule has 2 N–H and O–H groups in total. The fourth-order valence-electron chi connectivity index (χ4n) is 1.71. The van der Waals surface area contributed by atoms with Crippen LogP contribution in [0.2, 0.25) is 0 Å². The minimum absolute atomic E-state index is 0.752. The van der Waals surface area contributed by atoms with Gasteiger partial charge >= 0.3 is 0 Å². The van der Waals surface area contributed by atoms with Gasteiger partial charge in [0.1, 0.15) is 18.0 Å². The third kappa shape index (κ3) is 3.41. The Balaban J connectivity index is 2.06. The van der Waals surface area contributed by atoms with E-state index in [2.05, 4.69) is 32.5 Å². The number of hydrogen-bond acceptors (Lipinski definition) is 6. The van der Waals surface area contributed by atoms with Crippen LogP contribution in [0, 0.1) is 13.8 Å². The summed E-state index contributed by atoms with van der Waals surface area (Å²) < 4.78 is 0. The first-order valence-corrected chi connectivity index (χ1v) is 7.28. The quantitative estimate of drug-likeness (QED) is 0.850. The van der Waals surface area contributed by atoms with Crippen LogP contribution in [-0.4, -0.2) is 21.5 Å². The molecule has 0 saturated carbocycles. The van der Waals surface area contributed by atoms with Crippen LogP contribution < -0.4 is 10.6 Å². The van der Waals surface area contributed by atoms with E-state index < -0.39 is 0 Å². The molecule has 2 aromatic rings. The number of hydrogen-bond donors (Lipinski definition) is 2. The fourth-order valence-corrected chi connectivity index (χ4v) is 2.43. The first-order chi connectivity index (χ1) is 9.22. The number of thiazole rings is 1. The maximum absolute atomic E-state index is 4.30. The van der Waals surface area contributed by atoms with E-state index in [-0.39, 0.29) is 0 Å². The van der Waals surface area contributed by atoms with Gasteiger partial charge in [-0.15, -0.1) is 11.3 Å². The topological polar surface area (TPSA) is 62.7 Å². The highest BCUT2D eigenvalue weighted by Gasteiger charge is 2.07. The molecule has 6 heteroatoms. The van der Waals surface area contributed by atoms with E-state index in [4.69, 9.17) is 0 Å². The van der Waals surface area contributed by atoms with Crippen LogP contribution in [0.1, 0.15) is 29.5 Å². The number of nitrogens with one attached hydrogen (secondary N) is 2. The van der Waals surface area contributed by atoms with Gasteiger partial charge in [-0.05, 0) is 20.3 Å². The summed E-state index contributed by atoms with van der Waals surface area (Å²) in [5, 5.41) is 6.66. The molecule has 0 aliphatic carbocycles. The Bertz CT molecular complexity index is 538. The number of rotatable bonds is 6. The zero-order valence-electron chi connectivity index (χ0n) is 11.5. The first kappa shape index (κ1) is 13.7. The van der Waals surface area contributed by atoms with Gasteiger partial charge in [0.25, 0.3) is 0 Å². The second-order valence-electron chi connectivity index (χ2n) is 4.34. The normalized spacial score (nSPS) is 10.5. The molecule has 0 amide bonds. The van der Waals surface area contributed by atoms with Crippen molar-refractivity contribution in [2.75, 3.05) is 17.2 Å². The molecular formula is C13H19N5S. The van der Waals surface area contributed by atoms with Gasteiger partial charge in [-0.25, -0.2) is 15.0 Å². The van der Waals surface area contributed by atoms with Crippen molar-refractivity contribution in [2.45, 2.75) is 33.7 Å². The van der Waals surface area contributed by atoms with E-state index >= 15 is 0 Å². The lowest BCUT2D eigenvalue weighted by atomic mass is 10.3. The summed E-state index contributed by atoms with van der Waals surface area (Å²) in [4.78, 5) is 14.0. The Morgan fingerprint density at radius 1 is 1.11 bits per heavy atom. The number of aryl methyl sites for hydroxylation is 1. The van der Waals surface area contributed by atoms with E-state index in [1.165, 1.54) is 4.88 Å². The number of nitrogens with zero attached hydrogens (tertiary/aromatic N) is 3. The van der Waals surface area contributed by atoms with E-state index in [0.717, 1.165) is 42.4 Å². The Morgan fingerprint density at radius 2 is 1.84 bits per heavy atom. The Labute approximate surface area is 117 Å². The van der Waals surface area contributed by atoms with Crippen LogP contribution in [0.4, 0.5) is 11.6 Å². The Morgan fingerprint density at radius 3 is 2.47 bits per heavy atom. The second-order valence-corrected chi connectivity index (χ2v) is 5.28. The predicted molar refractivity (Wildman–Crippen MR) is 79.7 cm³/mol. The molecule has 5 nitrogen and oxygen atoms in total. The summed E-state index contributed by atoms with van der Waals surface area (Å²) in [7, 11) is 0. The van der Waals surface area contributed by atoms with Gasteiger partial charge in [-0.2, -0.15) is 0 Å². The van der Waals surface area contributed by atoms with E-state index in [9.17, 15) is 0 Å². The maximum atomic E-state index is 4.30. The maximum Gasteiger partial charge on any atom is 0.134 e. The van der Waals surface area contributed by atoms with E-state index in [0.29, 0.717) is 0 Å². The molecule has 0 bridgehead atoms. The van der Waals surface area contributed by atoms with Gasteiger partial charge in [0.2, 0.25) is 0 Å². The van der Waals surface area contributed by atoms with Gasteiger partial charge in [0.05, 0.1) is 17.7 Å². The molecule has 0 aliphatic heterocycles. The third-order valence-corrected chi connectivity index (χ3v) is 3.82. The van der Waals surface area contributed by atoms with Crippen molar-refractivity contribution in [1.82, 2.24) is 15.0 Å². The lowest BCUT2D eigenvalue weighted by Crippen LogP contribution is -2.08. The van der Waals surface area contributed by atoms with Crippen molar-refractivity contribution in [1.29, 1.82) is 0 Å². The molecule has 102 valence electrons. The zero-order chi connectivity index (χ0) is 13.7. The summed E-state index contributed by atoms with van der Waals surface area (Å²) >= 11 is 1.66. The number of anilines is 2. The highest BCUT2D eigenvalue weighted by atomic mass is 32.1. The molecule has 0 unspecified atom stereocenters. The molecule has 0 fully saturated rings. The van der Waals surface area contributed by atoms with Crippen LogP contribution in [0.15, 0.2) is 11.8 Å². The summed E-state index contributed by atoms with van der Waals surface area (Å²) in [6, 6.07) is 0. The number of aromatic nitrogens is 3. The van der Waals surface area contributed by atoms with Crippen molar-refractivity contribution >= 4 is 23.0 Å². The fraction of sp³-hybridized carbons (Fsp3) is 0.462. The van der Waals surface area contributed by atoms with Gasteiger partial charge in [0.15, 0.2) is 0 Å². The smallest absolute Gasteiger partial charge is 0.134 e. The third-order valence-electron chi connectivity index (χ3n) is 2.89. The Hall–Kier alpha value is -1.69. The van der Waals surface area contributed by atoms with Crippen molar-refractivity contribution in [3.63, 3.8) is 0 Å². The van der Waals surface area contributed by atoms with Gasteiger partial charge in [-0.3, -0.25) is 0 Å². The summed E-state index contributed by atoms with van der Waals surface area (Å²) in [5.41, 5.74) is 4.00. The highest BCUT2D eigenvalue weighted by Crippen LogP contribution is 2.20. The predicted octanol–water partition coefficient (Wildman–Crippen LogP) is 2.98.